The first kappa shape index (κ1) is 18.2. The van der Waals surface area contributed by atoms with Crippen molar-refractivity contribution in [3.63, 3.8) is 0 Å². The molecule has 3 aromatic rings. The van der Waals surface area contributed by atoms with Gasteiger partial charge in [-0.3, -0.25) is 4.79 Å². The van der Waals surface area contributed by atoms with Crippen molar-refractivity contribution in [3.05, 3.63) is 45.1 Å². The minimum Gasteiger partial charge on any atom is -0.325 e. The average molecular weight is 415 g/mol. The molecule has 5 nitrogen and oxygen atoms in total. The van der Waals surface area contributed by atoms with E-state index in [0.29, 0.717) is 16.3 Å². The highest BCUT2D eigenvalue weighted by Crippen LogP contribution is 2.40. The standard InChI is InChI=1S/C19H15ClN4OS2/c1-10-22-18(17-13-3-2-4-15(13)27-19(17)23-10)26-9-16(25)24-12-6-5-11(8-21)14(20)7-12/h5-7H,2-4,9H2,1H3,(H,24,25). The van der Waals surface area contributed by atoms with E-state index >= 15 is 0 Å². The molecule has 0 spiro atoms. The number of thioether (sulfide) groups is 1. The third-order valence-electron chi connectivity index (χ3n) is 4.36. The molecular formula is C19H15ClN4OS2. The van der Waals surface area contributed by atoms with Gasteiger partial charge in [0.05, 0.1) is 16.3 Å². The van der Waals surface area contributed by atoms with Crippen LogP contribution in [0.4, 0.5) is 5.69 Å². The molecule has 4 rings (SSSR count). The molecule has 2 heterocycles. The molecule has 8 heteroatoms. The van der Waals surface area contributed by atoms with Crippen molar-refractivity contribution in [1.29, 1.82) is 5.26 Å². The number of rotatable bonds is 4. The maximum Gasteiger partial charge on any atom is 0.234 e. The Bertz CT molecular complexity index is 1100. The number of aromatic nitrogens is 2. The molecule has 0 bridgehead atoms. The monoisotopic (exact) mass is 414 g/mol. The summed E-state index contributed by atoms with van der Waals surface area (Å²) >= 11 is 9.20. The number of anilines is 1. The van der Waals surface area contributed by atoms with Gasteiger partial charge in [0.25, 0.3) is 0 Å². The number of thiophene rings is 1. The first-order chi connectivity index (χ1) is 13.0. The zero-order valence-electron chi connectivity index (χ0n) is 14.5. The van der Waals surface area contributed by atoms with Crippen molar-refractivity contribution >= 4 is 56.5 Å². The van der Waals surface area contributed by atoms with E-state index in [1.165, 1.54) is 28.6 Å². The molecule has 1 aromatic carbocycles. The van der Waals surface area contributed by atoms with Crippen molar-refractivity contribution in [2.24, 2.45) is 0 Å². The number of nitriles is 1. The van der Waals surface area contributed by atoms with Crippen molar-refractivity contribution in [3.8, 4) is 6.07 Å². The zero-order chi connectivity index (χ0) is 19.0. The lowest BCUT2D eigenvalue weighted by Crippen LogP contribution is -2.14. The lowest BCUT2D eigenvalue weighted by atomic mass is 10.2. The molecule has 27 heavy (non-hydrogen) atoms. The van der Waals surface area contributed by atoms with Crippen LogP contribution in [0.2, 0.25) is 5.02 Å². The summed E-state index contributed by atoms with van der Waals surface area (Å²) in [6.07, 6.45) is 3.35. The Hall–Kier alpha value is -2.14. The summed E-state index contributed by atoms with van der Waals surface area (Å²) < 4.78 is 0. The van der Waals surface area contributed by atoms with Crippen LogP contribution in [0.5, 0.6) is 0 Å². The SMILES string of the molecule is Cc1nc(SCC(=O)Nc2ccc(C#N)c(Cl)c2)c2c3c(sc2n1)CCC3. The first-order valence-corrected chi connectivity index (χ1v) is 10.6. The highest BCUT2D eigenvalue weighted by Gasteiger charge is 2.22. The maximum absolute atomic E-state index is 12.4. The molecule has 1 amide bonds. The molecule has 0 fully saturated rings. The van der Waals surface area contributed by atoms with Gasteiger partial charge in [-0.05, 0) is 49.9 Å². The number of benzene rings is 1. The smallest absolute Gasteiger partial charge is 0.234 e. The number of hydrogen-bond acceptors (Lipinski definition) is 6. The Morgan fingerprint density at radius 3 is 3.04 bits per heavy atom. The fraction of sp³-hybridized carbons (Fsp3) is 0.263. The van der Waals surface area contributed by atoms with Crippen LogP contribution in [0.25, 0.3) is 10.2 Å². The minimum atomic E-state index is -0.142. The fourth-order valence-corrected chi connectivity index (χ4v) is 5.68. The van der Waals surface area contributed by atoms with Gasteiger partial charge in [-0.25, -0.2) is 9.97 Å². The molecule has 1 aliphatic rings. The lowest BCUT2D eigenvalue weighted by molar-refractivity contribution is -0.113. The van der Waals surface area contributed by atoms with E-state index in [1.807, 2.05) is 13.0 Å². The summed E-state index contributed by atoms with van der Waals surface area (Å²) in [5, 5.41) is 14.1. The summed E-state index contributed by atoms with van der Waals surface area (Å²) in [6.45, 7) is 1.88. The van der Waals surface area contributed by atoms with Crippen LogP contribution in [0.15, 0.2) is 23.2 Å². The number of hydrogen-bond donors (Lipinski definition) is 1. The number of nitrogens with zero attached hydrogens (tertiary/aromatic N) is 3. The van der Waals surface area contributed by atoms with E-state index in [1.54, 1.807) is 29.5 Å². The molecule has 0 saturated carbocycles. The summed E-state index contributed by atoms with van der Waals surface area (Å²) in [5.41, 5.74) is 2.32. The highest BCUT2D eigenvalue weighted by atomic mass is 35.5. The second-order valence-electron chi connectivity index (χ2n) is 6.26. The van der Waals surface area contributed by atoms with Crippen molar-refractivity contribution in [2.75, 3.05) is 11.1 Å². The van der Waals surface area contributed by atoms with Crippen molar-refractivity contribution in [2.45, 2.75) is 31.2 Å². The zero-order valence-corrected chi connectivity index (χ0v) is 16.9. The summed E-state index contributed by atoms with van der Waals surface area (Å²) in [5.74, 6) is 0.828. The van der Waals surface area contributed by atoms with E-state index in [9.17, 15) is 4.79 Å². The molecule has 0 saturated heterocycles. The van der Waals surface area contributed by atoms with E-state index in [-0.39, 0.29) is 11.7 Å². The van der Waals surface area contributed by atoms with Gasteiger partial charge in [0.1, 0.15) is 21.7 Å². The molecule has 136 valence electrons. The number of fused-ring (bicyclic) bond motifs is 3. The van der Waals surface area contributed by atoms with Crippen LogP contribution in [0, 0.1) is 18.3 Å². The molecule has 1 N–H and O–H groups in total. The minimum absolute atomic E-state index is 0.142. The van der Waals surface area contributed by atoms with Gasteiger partial charge < -0.3 is 5.32 Å². The highest BCUT2D eigenvalue weighted by molar-refractivity contribution is 8.00. The molecule has 0 aliphatic heterocycles. The normalized spacial score (nSPS) is 12.8. The molecule has 2 aromatic heterocycles. The Balaban J connectivity index is 1.51. The van der Waals surface area contributed by atoms with E-state index in [0.717, 1.165) is 33.9 Å². The third kappa shape index (κ3) is 3.65. The van der Waals surface area contributed by atoms with E-state index in [4.69, 9.17) is 16.9 Å². The first-order valence-electron chi connectivity index (χ1n) is 8.46. The number of amides is 1. The van der Waals surface area contributed by atoms with E-state index in [2.05, 4.69) is 15.3 Å². The second kappa shape index (κ2) is 7.47. The third-order valence-corrected chi connectivity index (χ3v) is 6.83. The van der Waals surface area contributed by atoms with Gasteiger partial charge in [-0.15, -0.1) is 11.3 Å². The van der Waals surface area contributed by atoms with Gasteiger partial charge in [0, 0.05) is 16.0 Å². The number of carbonyl (C=O) groups excluding carboxylic acids is 1. The number of carbonyl (C=O) groups is 1. The van der Waals surface area contributed by atoms with Crippen LogP contribution < -0.4 is 5.32 Å². The van der Waals surface area contributed by atoms with Gasteiger partial charge in [-0.2, -0.15) is 5.26 Å². The van der Waals surface area contributed by atoms with Crippen LogP contribution in [0.3, 0.4) is 0 Å². The van der Waals surface area contributed by atoms with Crippen LogP contribution in [-0.4, -0.2) is 21.6 Å². The van der Waals surface area contributed by atoms with Crippen LogP contribution in [0.1, 0.15) is 28.2 Å². The Kier molecular flexibility index (Phi) is 5.04. The van der Waals surface area contributed by atoms with Gasteiger partial charge in [0.15, 0.2) is 0 Å². The fourth-order valence-electron chi connectivity index (χ4n) is 3.18. The predicted octanol–water partition coefficient (Wildman–Crippen LogP) is 4.74. The quantitative estimate of drug-likeness (QED) is 0.492. The molecule has 0 radical (unpaired) electrons. The summed E-state index contributed by atoms with van der Waals surface area (Å²) in [6, 6.07) is 6.85. The van der Waals surface area contributed by atoms with Crippen LogP contribution in [-0.2, 0) is 17.6 Å². The maximum atomic E-state index is 12.4. The van der Waals surface area contributed by atoms with Gasteiger partial charge >= 0.3 is 0 Å². The molecular weight excluding hydrogens is 400 g/mol. The Morgan fingerprint density at radius 1 is 1.41 bits per heavy atom. The molecule has 0 unspecified atom stereocenters. The summed E-state index contributed by atoms with van der Waals surface area (Å²) in [7, 11) is 0. The number of halogens is 1. The topological polar surface area (TPSA) is 78.7 Å². The molecule has 1 aliphatic carbocycles. The lowest BCUT2D eigenvalue weighted by Gasteiger charge is -2.08. The number of nitrogens with one attached hydrogen (secondary N) is 1. The van der Waals surface area contributed by atoms with Gasteiger partial charge in [-0.1, -0.05) is 23.4 Å². The molecule has 0 atom stereocenters. The summed E-state index contributed by atoms with van der Waals surface area (Å²) in [4.78, 5) is 24.0. The Morgan fingerprint density at radius 2 is 2.26 bits per heavy atom. The van der Waals surface area contributed by atoms with Crippen molar-refractivity contribution < 1.29 is 4.79 Å². The predicted molar refractivity (Wildman–Crippen MR) is 110 cm³/mol. The Labute approximate surface area is 169 Å². The van der Waals surface area contributed by atoms with E-state index < -0.39 is 0 Å². The second-order valence-corrected chi connectivity index (χ2v) is 8.71. The number of aryl methyl sites for hydroxylation is 3. The van der Waals surface area contributed by atoms with Crippen molar-refractivity contribution in [1.82, 2.24) is 9.97 Å². The largest absolute Gasteiger partial charge is 0.325 e. The van der Waals surface area contributed by atoms with Crippen LogP contribution >= 0.6 is 34.7 Å². The van der Waals surface area contributed by atoms with Gasteiger partial charge in [0.2, 0.25) is 5.91 Å². The average Bonchev–Trinajstić information content (AvgIpc) is 3.20.